The van der Waals surface area contributed by atoms with E-state index in [1.165, 1.54) is 6.08 Å². The van der Waals surface area contributed by atoms with Crippen molar-refractivity contribution in [2.45, 2.75) is 38.4 Å². The van der Waals surface area contributed by atoms with Gasteiger partial charge in [-0.3, -0.25) is 14.6 Å². The third-order valence-corrected chi connectivity index (χ3v) is 5.12. The fourth-order valence-corrected chi connectivity index (χ4v) is 3.91. The van der Waals surface area contributed by atoms with Crippen LogP contribution in [-0.4, -0.2) is 50.3 Å². The lowest BCUT2D eigenvalue weighted by Gasteiger charge is -2.29. The predicted molar refractivity (Wildman–Crippen MR) is 90.6 cm³/mol. The van der Waals surface area contributed by atoms with Crippen LogP contribution in [-0.2, 0) is 16.1 Å². The number of amides is 2. The highest BCUT2D eigenvalue weighted by Gasteiger charge is 2.41. The van der Waals surface area contributed by atoms with E-state index in [0.29, 0.717) is 24.2 Å². The molecule has 2 heterocycles. The van der Waals surface area contributed by atoms with Crippen molar-refractivity contribution < 1.29 is 9.59 Å². The van der Waals surface area contributed by atoms with E-state index in [-0.39, 0.29) is 17.9 Å². The summed E-state index contributed by atoms with van der Waals surface area (Å²) >= 11 is 1.64. The lowest BCUT2D eigenvalue weighted by Crippen LogP contribution is -2.49. The van der Waals surface area contributed by atoms with Gasteiger partial charge in [0.05, 0.1) is 5.88 Å². The second-order valence-electron chi connectivity index (χ2n) is 5.88. The Balaban J connectivity index is 1.74. The molecule has 122 valence electrons. The highest BCUT2D eigenvalue weighted by atomic mass is 32.2. The first-order valence-corrected chi connectivity index (χ1v) is 9.06. The van der Waals surface area contributed by atoms with Crippen molar-refractivity contribution in [3.05, 3.63) is 42.2 Å². The number of aromatic nitrogens is 1. The van der Waals surface area contributed by atoms with Crippen molar-refractivity contribution >= 4 is 23.6 Å². The van der Waals surface area contributed by atoms with E-state index in [4.69, 9.17) is 0 Å². The fraction of sp³-hybridized carbons (Fsp3) is 0.471. The maximum atomic E-state index is 13.0. The number of pyridine rings is 1. The van der Waals surface area contributed by atoms with Crippen molar-refractivity contribution in [1.29, 1.82) is 0 Å². The second kappa shape index (κ2) is 7.17. The third kappa shape index (κ3) is 3.75. The Kier molecular flexibility index (Phi) is 5.00. The van der Waals surface area contributed by atoms with E-state index in [1.54, 1.807) is 35.1 Å². The molecular weight excluding hydrogens is 310 g/mol. The van der Waals surface area contributed by atoms with Crippen molar-refractivity contribution in [3.8, 4) is 0 Å². The topological polar surface area (TPSA) is 53.5 Å². The van der Waals surface area contributed by atoms with E-state index in [0.717, 1.165) is 18.4 Å². The van der Waals surface area contributed by atoms with Gasteiger partial charge in [0.15, 0.2) is 0 Å². The highest BCUT2D eigenvalue weighted by Crippen LogP contribution is 2.31. The molecule has 6 heteroatoms. The van der Waals surface area contributed by atoms with Gasteiger partial charge < -0.3 is 9.80 Å². The normalized spacial score (nSPS) is 20.9. The molecule has 0 N–H and O–H groups in total. The summed E-state index contributed by atoms with van der Waals surface area (Å²) in [6.07, 6.45) is 8.89. The van der Waals surface area contributed by atoms with Crippen LogP contribution in [0.1, 0.15) is 25.3 Å². The molecule has 1 aliphatic heterocycles. The lowest BCUT2D eigenvalue weighted by molar-refractivity contribution is -0.142. The summed E-state index contributed by atoms with van der Waals surface area (Å²) in [6, 6.07) is 3.84. The van der Waals surface area contributed by atoms with Gasteiger partial charge in [-0.2, -0.15) is 0 Å². The summed E-state index contributed by atoms with van der Waals surface area (Å²) in [7, 11) is 0. The number of allylic oxidation sites excluding steroid dienone is 1. The van der Waals surface area contributed by atoms with E-state index < -0.39 is 0 Å². The predicted octanol–water partition coefficient (Wildman–Crippen LogP) is 2.05. The Morgan fingerprint density at radius 2 is 2.30 bits per heavy atom. The summed E-state index contributed by atoms with van der Waals surface area (Å²) in [5, 5.41) is 0. The highest BCUT2D eigenvalue weighted by molar-refractivity contribution is 7.99. The molecule has 0 bridgehead atoms. The van der Waals surface area contributed by atoms with Crippen LogP contribution in [0.4, 0.5) is 0 Å². The molecule has 0 spiro atoms. The average Bonchev–Trinajstić information content (AvgIpc) is 3.28. The van der Waals surface area contributed by atoms with Gasteiger partial charge in [0.25, 0.3) is 0 Å². The van der Waals surface area contributed by atoms with E-state index >= 15 is 0 Å². The summed E-state index contributed by atoms with van der Waals surface area (Å²) in [5.41, 5.74) is 1.03. The van der Waals surface area contributed by atoms with Crippen molar-refractivity contribution in [3.63, 3.8) is 0 Å². The zero-order valence-corrected chi connectivity index (χ0v) is 14.0. The minimum atomic E-state index is -0.346. The number of rotatable bonds is 5. The molecule has 2 amide bonds. The molecular formula is C17H21N3O2S. The van der Waals surface area contributed by atoms with Crippen LogP contribution in [0, 0.1) is 0 Å². The van der Waals surface area contributed by atoms with Gasteiger partial charge in [0, 0.05) is 30.7 Å². The maximum absolute atomic E-state index is 13.0. The molecule has 5 nitrogen and oxygen atoms in total. The van der Waals surface area contributed by atoms with Gasteiger partial charge in [-0.1, -0.05) is 12.1 Å². The van der Waals surface area contributed by atoms with Gasteiger partial charge in [-0.15, -0.1) is 11.8 Å². The van der Waals surface area contributed by atoms with Crippen LogP contribution in [0.5, 0.6) is 0 Å². The molecule has 1 atom stereocenters. The van der Waals surface area contributed by atoms with Gasteiger partial charge in [-0.25, -0.2) is 0 Å². The first-order valence-electron chi connectivity index (χ1n) is 7.91. The molecule has 1 saturated carbocycles. The fourth-order valence-electron chi connectivity index (χ4n) is 2.76. The Hall–Kier alpha value is -1.82. The van der Waals surface area contributed by atoms with Crippen LogP contribution < -0.4 is 0 Å². The number of thioether (sulfide) groups is 1. The molecule has 23 heavy (non-hydrogen) atoms. The zero-order chi connectivity index (χ0) is 16.2. The number of hydrogen-bond acceptors (Lipinski definition) is 4. The Bertz CT molecular complexity index is 601. The molecule has 0 radical (unpaired) electrons. The Morgan fingerprint density at radius 3 is 2.96 bits per heavy atom. The molecule has 0 aromatic carbocycles. The smallest absolute Gasteiger partial charge is 0.247 e. The van der Waals surface area contributed by atoms with Gasteiger partial charge in [0.2, 0.25) is 11.8 Å². The van der Waals surface area contributed by atoms with Crippen molar-refractivity contribution in [1.82, 2.24) is 14.8 Å². The van der Waals surface area contributed by atoms with Gasteiger partial charge in [0.1, 0.15) is 6.04 Å². The SMILES string of the molecule is C/C=C/C(=O)N1CSCC1C(=O)N(Cc1cccnc1)C1CC1. The molecule has 1 aromatic rings. The Morgan fingerprint density at radius 1 is 1.48 bits per heavy atom. The first-order chi connectivity index (χ1) is 11.2. The summed E-state index contributed by atoms with van der Waals surface area (Å²) in [6.45, 7) is 2.39. The molecule has 2 aliphatic rings. The first kappa shape index (κ1) is 16.1. The number of hydrogen-bond donors (Lipinski definition) is 0. The standard InChI is InChI=1S/C17H21N3O2S/c1-2-4-16(21)20-12-23-11-15(20)17(22)19(14-6-7-14)10-13-5-3-8-18-9-13/h2-5,8-9,14-15H,6-7,10-12H2,1H3/b4-2+. The Labute approximate surface area is 140 Å². The van der Waals surface area contributed by atoms with Crippen LogP contribution in [0.15, 0.2) is 36.7 Å². The monoisotopic (exact) mass is 331 g/mol. The lowest BCUT2D eigenvalue weighted by atomic mass is 10.2. The molecule has 2 fully saturated rings. The second-order valence-corrected chi connectivity index (χ2v) is 6.88. The largest absolute Gasteiger partial charge is 0.334 e. The van der Waals surface area contributed by atoms with Crippen LogP contribution in [0.3, 0.4) is 0 Å². The van der Waals surface area contributed by atoms with Gasteiger partial charge >= 0.3 is 0 Å². The molecule has 1 saturated heterocycles. The number of nitrogens with zero attached hydrogens (tertiary/aromatic N) is 3. The molecule has 1 aromatic heterocycles. The number of carbonyl (C=O) groups is 2. The maximum Gasteiger partial charge on any atom is 0.247 e. The van der Waals surface area contributed by atoms with Crippen molar-refractivity contribution in [2.75, 3.05) is 11.6 Å². The summed E-state index contributed by atoms with van der Waals surface area (Å²) in [4.78, 5) is 32.9. The van der Waals surface area contributed by atoms with Crippen LogP contribution in [0.2, 0.25) is 0 Å². The molecule has 1 unspecified atom stereocenters. The molecule has 3 rings (SSSR count). The van der Waals surface area contributed by atoms with Crippen LogP contribution in [0.25, 0.3) is 0 Å². The van der Waals surface area contributed by atoms with E-state index in [2.05, 4.69) is 4.98 Å². The van der Waals surface area contributed by atoms with E-state index in [1.807, 2.05) is 24.0 Å². The summed E-state index contributed by atoms with van der Waals surface area (Å²) in [5.74, 6) is 1.26. The zero-order valence-electron chi connectivity index (χ0n) is 13.2. The van der Waals surface area contributed by atoms with Gasteiger partial charge in [-0.05, 0) is 37.5 Å². The van der Waals surface area contributed by atoms with Crippen molar-refractivity contribution in [2.24, 2.45) is 0 Å². The van der Waals surface area contributed by atoms with Crippen LogP contribution >= 0.6 is 11.8 Å². The number of carbonyl (C=O) groups excluding carboxylic acids is 2. The third-order valence-electron chi connectivity index (χ3n) is 4.11. The average molecular weight is 331 g/mol. The molecule has 1 aliphatic carbocycles. The minimum Gasteiger partial charge on any atom is -0.334 e. The van der Waals surface area contributed by atoms with E-state index in [9.17, 15) is 9.59 Å². The summed E-state index contributed by atoms with van der Waals surface area (Å²) < 4.78 is 0. The quantitative estimate of drug-likeness (QED) is 0.775. The minimum absolute atomic E-state index is 0.0687.